The Labute approximate surface area is 114 Å². The van der Waals surface area contributed by atoms with E-state index in [2.05, 4.69) is 17.5 Å². The molecule has 1 aromatic carbocycles. The normalized spacial score (nSPS) is 18.7. The molecule has 0 aromatic heterocycles. The number of likely N-dealkylation sites (tertiary alicyclic amines) is 1. The third-order valence-electron chi connectivity index (χ3n) is 3.42. The zero-order valence-corrected chi connectivity index (χ0v) is 11.2. The van der Waals surface area contributed by atoms with Crippen LogP contribution in [0.2, 0.25) is 0 Å². The topological polar surface area (TPSA) is 56.1 Å². The van der Waals surface area contributed by atoms with Crippen molar-refractivity contribution in [2.75, 3.05) is 13.1 Å². The second kappa shape index (κ2) is 6.24. The molecule has 1 heterocycles. The average Bonchev–Trinajstić information content (AvgIpc) is 2.45. The molecular weight excluding hydrogens is 238 g/mol. The lowest BCUT2D eigenvalue weighted by atomic mass is 10.0. The van der Waals surface area contributed by atoms with Crippen molar-refractivity contribution < 1.29 is 4.79 Å². The van der Waals surface area contributed by atoms with Gasteiger partial charge in [-0.05, 0) is 25.3 Å². The number of amides is 2. The molecule has 1 aliphatic rings. The minimum Gasteiger partial charge on any atom is -0.334 e. The first kappa shape index (κ1) is 13.4. The lowest BCUT2D eigenvalue weighted by Gasteiger charge is -2.29. The Morgan fingerprint density at radius 1 is 1.58 bits per heavy atom. The third-order valence-corrected chi connectivity index (χ3v) is 3.42. The summed E-state index contributed by atoms with van der Waals surface area (Å²) in [6.07, 6.45) is 1.81. The summed E-state index contributed by atoms with van der Waals surface area (Å²) in [5.41, 5.74) is 2.29. The first-order valence-electron chi connectivity index (χ1n) is 6.67. The van der Waals surface area contributed by atoms with E-state index < -0.39 is 0 Å². The van der Waals surface area contributed by atoms with Crippen LogP contribution in [0, 0.1) is 24.2 Å². The zero-order valence-electron chi connectivity index (χ0n) is 11.2. The maximum Gasteiger partial charge on any atom is 0.317 e. The Hall–Kier alpha value is -2.02. The highest BCUT2D eigenvalue weighted by Gasteiger charge is 2.22. The van der Waals surface area contributed by atoms with Crippen molar-refractivity contribution >= 4 is 6.03 Å². The Morgan fingerprint density at radius 2 is 2.42 bits per heavy atom. The SMILES string of the molecule is Cc1cccc(CNC(=O)N2CCC[C@H](C#N)C2)c1. The fourth-order valence-corrected chi connectivity index (χ4v) is 2.38. The van der Waals surface area contributed by atoms with Crippen molar-refractivity contribution in [1.29, 1.82) is 5.26 Å². The van der Waals surface area contributed by atoms with E-state index in [1.165, 1.54) is 5.56 Å². The predicted octanol–water partition coefficient (Wildman–Crippen LogP) is 2.44. The minimum absolute atomic E-state index is 0.0153. The second-order valence-electron chi connectivity index (χ2n) is 5.06. The number of piperidine rings is 1. The highest BCUT2D eigenvalue weighted by molar-refractivity contribution is 5.74. The standard InChI is InChI=1S/C15H19N3O/c1-12-4-2-5-13(8-12)10-17-15(19)18-7-3-6-14(9-16)11-18/h2,4-5,8,14H,3,6-7,10-11H2,1H3,(H,17,19)/t14-/m1/s1. The molecule has 1 aliphatic heterocycles. The van der Waals surface area contributed by atoms with Gasteiger partial charge in [0.05, 0.1) is 12.0 Å². The molecule has 2 rings (SSSR count). The maximum absolute atomic E-state index is 12.0. The highest BCUT2D eigenvalue weighted by atomic mass is 16.2. The quantitative estimate of drug-likeness (QED) is 0.884. The number of carbonyl (C=O) groups is 1. The molecule has 4 nitrogen and oxygen atoms in total. The number of hydrogen-bond acceptors (Lipinski definition) is 2. The van der Waals surface area contributed by atoms with Crippen molar-refractivity contribution in [3.8, 4) is 6.07 Å². The summed E-state index contributed by atoms with van der Waals surface area (Å²) in [6.45, 7) is 3.87. The number of carbonyl (C=O) groups excluding carboxylic acids is 1. The van der Waals surface area contributed by atoms with Gasteiger partial charge in [0.2, 0.25) is 0 Å². The van der Waals surface area contributed by atoms with Crippen molar-refractivity contribution in [2.24, 2.45) is 5.92 Å². The Bertz CT molecular complexity index is 492. The molecule has 0 bridgehead atoms. The molecule has 1 atom stereocenters. The summed E-state index contributed by atoms with van der Waals surface area (Å²) in [4.78, 5) is 13.8. The van der Waals surface area contributed by atoms with Crippen LogP contribution in [-0.2, 0) is 6.54 Å². The van der Waals surface area contributed by atoms with E-state index >= 15 is 0 Å². The summed E-state index contributed by atoms with van der Waals surface area (Å²) >= 11 is 0. The first-order valence-corrected chi connectivity index (χ1v) is 6.67. The number of aryl methyl sites for hydroxylation is 1. The third kappa shape index (κ3) is 3.72. The van der Waals surface area contributed by atoms with Gasteiger partial charge >= 0.3 is 6.03 Å². The molecular formula is C15H19N3O. The molecule has 4 heteroatoms. The van der Waals surface area contributed by atoms with Gasteiger partial charge in [-0.1, -0.05) is 29.8 Å². The fraction of sp³-hybridized carbons (Fsp3) is 0.467. The van der Waals surface area contributed by atoms with Crippen LogP contribution in [0.4, 0.5) is 4.79 Å². The van der Waals surface area contributed by atoms with Crippen molar-refractivity contribution in [1.82, 2.24) is 10.2 Å². The number of nitrogens with zero attached hydrogens (tertiary/aromatic N) is 2. The monoisotopic (exact) mass is 257 g/mol. The van der Waals surface area contributed by atoms with E-state index in [0.717, 1.165) is 24.9 Å². The number of nitrogens with one attached hydrogen (secondary N) is 1. The lowest BCUT2D eigenvalue weighted by Crippen LogP contribution is -2.45. The Kier molecular flexibility index (Phi) is 4.40. The summed E-state index contributed by atoms with van der Waals surface area (Å²) in [5.74, 6) is -0.0153. The molecule has 0 saturated carbocycles. The van der Waals surface area contributed by atoms with Crippen LogP contribution in [-0.4, -0.2) is 24.0 Å². The summed E-state index contributed by atoms with van der Waals surface area (Å²) in [7, 11) is 0. The zero-order chi connectivity index (χ0) is 13.7. The average molecular weight is 257 g/mol. The number of urea groups is 1. The van der Waals surface area contributed by atoms with Crippen LogP contribution in [0.5, 0.6) is 0 Å². The van der Waals surface area contributed by atoms with Gasteiger partial charge in [0.25, 0.3) is 0 Å². The molecule has 0 radical (unpaired) electrons. The Balaban J connectivity index is 1.86. The van der Waals surface area contributed by atoms with Crippen molar-refractivity contribution in [3.63, 3.8) is 0 Å². The summed E-state index contributed by atoms with van der Waals surface area (Å²) in [5, 5.41) is 11.8. The second-order valence-corrected chi connectivity index (χ2v) is 5.06. The van der Waals surface area contributed by atoms with Gasteiger partial charge in [-0.2, -0.15) is 5.26 Å². The predicted molar refractivity (Wildman–Crippen MR) is 73.3 cm³/mol. The van der Waals surface area contributed by atoms with E-state index in [1.54, 1.807) is 4.90 Å². The van der Waals surface area contributed by atoms with Crippen LogP contribution in [0.15, 0.2) is 24.3 Å². The maximum atomic E-state index is 12.0. The molecule has 1 aromatic rings. The molecule has 2 amide bonds. The molecule has 1 N–H and O–H groups in total. The van der Waals surface area contributed by atoms with E-state index in [0.29, 0.717) is 13.1 Å². The van der Waals surface area contributed by atoms with Crippen LogP contribution in [0.1, 0.15) is 24.0 Å². The van der Waals surface area contributed by atoms with Crippen LogP contribution >= 0.6 is 0 Å². The largest absolute Gasteiger partial charge is 0.334 e. The van der Waals surface area contributed by atoms with Gasteiger partial charge in [0.15, 0.2) is 0 Å². The molecule has 0 spiro atoms. The first-order chi connectivity index (χ1) is 9.19. The van der Waals surface area contributed by atoms with E-state index in [4.69, 9.17) is 5.26 Å². The van der Waals surface area contributed by atoms with E-state index in [-0.39, 0.29) is 11.9 Å². The lowest BCUT2D eigenvalue weighted by molar-refractivity contribution is 0.176. The van der Waals surface area contributed by atoms with Crippen LogP contribution in [0.25, 0.3) is 0 Å². The van der Waals surface area contributed by atoms with Crippen molar-refractivity contribution in [2.45, 2.75) is 26.3 Å². The Morgan fingerprint density at radius 3 is 3.16 bits per heavy atom. The van der Waals surface area contributed by atoms with Gasteiger partial charge < -0.3 is 10.2 Å². The van der Waals surface area contributed by atoms with Gasteiger partial charge in [0, 0.05) is 19.6 Å². The van der Waals surface area contributed by atoms with Crippen molar-refractivity contribution in [3.05, 3.63) is 35.4 Å². The molecule has 0 unspecified atom stereocenters. The van der Waals surface area contributed by atoms with Gasteiger partial charge in [0.1, 0.15) is 0 Å². The van der Waals surface area contributed by atoms with Crippen LogP contribution < -0.4 is 5.32 Å². The highest BCUT2D eigenvalue weighted by Crippen LogP contribution is 2.15. The molecule has 100 valence electrons. The molecule has 1 fully saturated rings. The minimum atomic E-state index is -0.0681. The van der Waals surface area contributed by atoms with Gasteiger partial charge in [-0.3, -0.25) is 0 Å². The van der Waals surface area contributed by atoms with Gasteiger partial charge in [-0.15, -0.1) is 0 Å². The number of nitriles is 1. The van der Waals surface area contributed by atoms with Gasteiger partial charge in [-0.25, -0.2) is 4.79 Å². The summed E-state index contributed by atoms with van der Waals surface area (Å²) < 4.78 is 0. The smallest absolute Gasteiger partial charge is 0.317 e. The molecule has 19 heavy (non-hydrogen) atoms. The molecule has 1 saturated heterocycles. The number of benzene rings is 1. The van der Waals surface area contributed by atoms with Crippen LogP contribution in [0.3, 0.4) is 0 Å². The fourth-order valence-electron chi connectivity index (χ4n) is 2.38. The van der Waals surface area contributed by atoms with E-state index in [9.17, 15) is 4.79 Å². The van der Waals surface area contributed by atoms with E-state index in [1.807, 2.05) is 25.1 Å². The number of rotatable bonds is 2. The molecule has 0 aliphatic carbocycles. The number of hydrogen-bond donors (Lipinski definition) is 1. The summed E-state index contributed by atoms with van der Waals surface area (Å²) in [6, 6.07) is 10.3.